The van der Waals surface area contributed by atoms with E-state index in [0.29, 0.717) is 5.02 Å². The SMILES string of the molecule is CC(C)NC(=O)[C@@H](C)N(Cc1cccc(Cl)c1)C(=O)COc1ccccc1F. The van der Waals surface area contributed by atoms with Crippen LogP contribution in [0.1, 0.15) is 26.3 Å². The average molecular weight is 407 g/mol. The fourth-order valence-corrected chi connectivity index (χ4v) is 2.82. The monoisotopic (exact) mass is 406 g/mol. The smallest absolute Gasteiger partial charge is 0.261 e. The molecule has 5 nitrogen and oxygen atoms in total. The molecular formula is C21H24ClFN2O3. The van der Waals surface area contributed by atoms with Gasteiger partial charge in [0, 0.05) is 17.6 Å². The van der Waals surface area contributed by atoms with Gasteiger partial charge in [-0.1, -0.05) is 35.9 Å². The van der Waals surface area contributed by atoms with E-state index >= 15 is 0 Å². The van der Waals surface area contributed by atoms with Crippen molar-refractivity contribution in [1.29, 1.82) is 0 Å². The number of hydrogen-bond acceptors (Lipinski definition) is 3. The molecule has 0 fully saturated rings. The number of para-hydroxylation sites is 1. The summed E-state index contributed by atoms with van der Waals surface area (Å²) >= 11 is 6.03. The van der Waals surface area contributed by atoms with Gasteiger partial charge in [0.15, 0.2) is 18.2 Å². The van der Waals surface area contributed by atoms with Gasteiger partial charge in [-0.05, 0) is 50.6 Å². The maximum absolute atomic E-state index is 13.7. The summed E-state index contributed by atoms with van der Waals surface area (Å²) in [5.74, 6) is -1.29. The van der Waals surface area contributed by atoms with E-state index in [4.69, 9.17) is 16.3 Å². The zero-order chi connectivity index (χ0) is 20.7. The minimum Gasteiger partial charge on any atom is -0.481 e. The molecule has 2 aromatic carbocycles. The summed E-state index contributed by atoms with van der Waals surface area (Å²) in [5, 5.41) is 3.33. The van der Waals surface area contributed by atoms with E-state index in [2.05, 4.69) is 5.32 Å². The van der Waals surface area contributed by atoms with E-state index in [-0.39, 0.29) is 30.9 Å². The van der Waals surface area contributed by atoms with Crippen LogP contribution in [-0.4, -0.2) is 35.4 Å². The van der Waals surface area contributed by atoms with Crippen molar-refractivity contribution in [1.82, 2.24) is 10.2 Å². The quantitative estimate of drug-likeness (QED) is 0.725. The number of amides is 2. The molecule has 0 aliphatic carbocycles. The number of rotatable bonds is 8. The van der Waals surface area contributed by atoms with Crippen molar-refractivity contribution in [2.75, 3.05) is 6.61 Å². The molecule has 2 amide bonds. The Morgan fingerprint density at radius 1 is 1.14 bits per heavy atom. The molecule has 2 aromatic rings. The Morgan fingerprint density at radius 3 is 2.50 bits per heavy atom. The van der Waals surface area contributed by atoms with Crippen LogP contribution in [0.5, 0.6) is 5.75 Å². The maximum atomic E-state index is 13.7. The van der Waals surface area contributed by atoms with Crippen molar-refractivity contribution < 1.29 is 18.7 Å². The minimum atomic E-state index is -0.738. The Bertz CT molecular complexity index is 829. The Balaban J connectivity index is 2.17. The molecule has 0 aliphatic heterocycles. The van der Waals surface area contributed by atoms with Crippen LogP contribution >= 0.6 is 11.6 Å². The van der Waals surface area contributed by atoms with Gasteiger partial charge in [-0.2, -0.15) is 0 Å². The highest BCUT2D eigenvalue weighted by Gasteiger charge is 2.27. The second kappa shape index (κ2) is 10.1. The topological polar surface area (TPSA) is 58.6 Å². The van der Waals surface area contributed by atoms with Gasteiger partial charge in [-0.3, -0.25) is 9.59 Å². The van der Waals surface area contributed by atoms with Crippen LogP contribution in [0.15, 0.2) is 48.5 Å². The predicted octanol–water partition coefficient (Wildman–Crippen LogP) is 3.80. The zero-order valence-electron chi connectivity index (χ0n) is 16.1. The maximum Gasteiger partial charge on any atom is 0.261 e. The van der Waals surface area contributed by atoms with Crippen LogP contribution in [0, 0.1) is 5.82 Å². The Morgan fingerprint density at radius 2 is 1.86 bits per heavy atom. The fourth-order valence-electron chi connectivity index (χ4n) is 2.60. The summed E-state index contributed by atoms with van der Waals surface area (Å²) in [7, 11) is 0. The molecule has 28 heavy (non-hydrogen) atoms. The van der Waals surface area contributed by atoms with E-state index in [0.717, 1.165) is 5.56 Å². The van der Waals surface area contributed by atoms with Gasteiger partial charge >= 0.3 is 0 Å². The fraction of sp³-hybridized carbons (Fsp3) is 0.333. The molecule has 0 heterocycles. The standard InChI is InChI=1S/C21H24ClFN2O3/c1-14(2)24-21(27)15(3)25(12-16-7-6-8-17(22)11-16)20(26)13-28-19-10-5-4-9-18(19)23/h4-11,14-15H,12-13H2,1-3H3,(H,24,27)/t15-/m1/s1. The third-order valence-electron chi connectivity index (χ3n) is 4.03. The molecule has 0 bridgehead atoms. The summed E-state index contributed by atoms with van der Waals surface area (Å²) in [6.07, 6.45) is 0. The van der Waals surface area contributed by atoms with Crippen molar-refractivity contribution >= 4 is 23.4 Å². The van der Waals surface area contributed by atoms with E-state index < -0.39 is 17.8 Å². The molecule has 0 radical (unpaired) electrons. The third kappa shape index (κ3) is 6.23. The van der Waals surface area contributed by atoms with E-state index in [1.165, 1.54) is 23.1 Å². The largest absolute Gasteiger partial charge is 0.481 e. The molecule has 0 aromatic heterocycles. The molecule has 1 atom stereocenters. The lowest BCUT2D eigenvalue weighted by molar-refractivity contribution is -0.142. The van der Waals surface area contributed by atoms with Crippen molar-refractivity contribution in [3.05, 3.63) is 64.9 Å². The summed E-state index contributed by atoms with van der Waals surface area (Å²) in [6.45, 7) is 5.11. The first kappa shape index (κ1) is 21.7. The predicted molar refractivity (Wildman–Crippen MR) is 107 cm³/mol. The Labute approximate surface area is 169 Å². The second-order valence-corrected chi connectivity index (χ2v) is 7.15. The van der Waals surface area contributed by atoms with Crippen molar-refractivity contribution in [2.24, 2.45) is 0 Å². The average Bonchev–Trinajstić information content (AvgIpc) is 2.64. The number of hydrogen-bond donors (Lipinski definition) is 1. The van der Waals surface area contributed by atoms with E-state index in [9.17, 15) is 14.0 Å². The van der Waals surface area contributed by atoms with Gasteiger partial charge in [-0.15, -0.1) is 0 Å². The number of halogens is 2. The van der Waals surface area contributed by atoms with Crippen LogP contribution < -0.4 is 10.1 Å². The molecule has 0 saturated heterocycles. The number of ether oxygens (including phenoxy) is 1. The summed E-state index contributed by atoms with van der Waals surface area (Å²) < 4.78 is 19.1. The summed E-state index contributed by atoms with van der Waals surface area (Å²) in [5.41, 5.74) is 0.774. The van der Waals surface area contributed by atoms with Crippen LogP contribution in [0.3, 0.4) is 0 Å². The Hall–Kier alpha value is -2.60. The lowest BCUT2D eigenvalue weighted by Crippen LogP contribution is -2.50. The number of nitrogens with one attached hydrogen (secondary N) is 1. The van der Waals surface area contributed by atoms with Gasteiger partial charge in [-0.25, -0.2) is 4.39 Å². The van der Waals surface area contributed by atoms with Gasteiger partial charge in [0.1, 0.15) is 6.04 Å². The lowest BCUT2D eigenvalue weighted by Gasteiger charge is -2.29. The third-order valence-corrected chi connectivity index (χ3v) is 4.26. The van der Waals surface area contributed by atoms with Gasteiger partial charge in [0.25, 0.3) is 5.91 Å². The summed E-state index contributed by atoms with van der Waals surface area (Å²) in [6, 6.07) is 12.1. The minimum absolute atomic E-state index is 0.0159. The number of carbonyl (C=O) groups excluding carboxylic acids is 2. The Kier molecular flexibility index (Phi) is 7.81. The molecule has 2 rings (SSSR count). The number of carbonyl (C=O) groups is 2. The van der Waals surface area contributed by atoms with E-state index in [1.54, 1.807) is 31.2 Å². The van der Waals surface area contributed by atoms with Gasteiger partial charge in [0.05, 0.1) is 0 Å². The number of benzene rings is 2. The normalized spacial score (nSPS) is 11.8. The molecule has 0 aliphatic rings. The number of nitrogens with zero attached hydrogens (tertiary/aromatic N) is 1. The highest BCUT2D eigenvalue weighted by molar-refractivity contribution is 6.30. The van der Waals surface area contributed by atoms with Gasteiger partial charge in [0.2, 0.25) is 5.91 Å². The van der Waals surface area contributed by atoms with Crippen molar-refractivity contribution in [3.8, 4) is 5.75 Å². The molecule has 1 N–H and O–H groups in total. The van der Waals surface area contributed by atoms with Gasteiger partial charge < -0.3 is 15.0 Å². The first-order chi connectivity index (χ1) is 13.3. The van der Waals surface area contributed by atoms with Crippen molar-refractivity contribution in [2.45, 2.75) is 39.4 Å². The second-order valence-electron chi connectivity index (χ2n) is 6.71. The van der Waals surface area contributed by atoms with Crippen LogP contribution in [0.4, 0.5) is 4.39 Å². The van der Waals surface area contributed by atoms with E-state index in [1.807, 2.05) is 19.9 Å². The first-order valence-corrected chi connectivity index (χ1v) is 9.37. The molecule has 0 saturated carbocycles. The van der Waals surface area contributed by atoms with Crippen LogP contribution in [-0.2, 0) is 16.1 Å². The summed E-state index contributed by atoms with van der Waals surface area (Å²) in [4.78, 5) is 26.7. The van der Waals surface area contributed by atoms with Crippen LogP contribution in [0.25, 0.3) is 0 Å². The highest BCUT2D eigenvalue weighted by atomic mass is 35.5. The molecular weight excluding hydrogens is 383 g/mol. The first-order valence-electron chi connectivity index (χ1n) is 8.99. The highest BCUT2D eigenvalue weighted by Crippen LogP contribution is 2.17. The lowest BCUT2D eigenvalue weighted by atomic mass is 10.1. The molecule has 0 unspecified atom stereocenters. The van der Waals surface area contributed by atoms with Crippen LogP contribution in [0.2, 0.25) is 5.02 Å². The molecule has 0 spiro atoms. The molecule has 150 valence electrons. The van der Waals surface area contributed by atoms with Crippen molar-refractivity contribution in [3.63, 3.8) is 0 Å². The zero-order valence-corrected chi connectivity index (χ0v) is 16.9. The molecule has 7 heteroatoms.